The van der Waals surface area contributed by atoms with Gasteiger partial charge in [-0.2, -0.15) is 0 Å². The SMILES string of the molecule is O=C1CCNCC1c1ccn2ccnc2c1. The summed E-state index contributed by atoms with van der Waals surface area (Å²) in [5.41, 5.74) is 1.96. The molecule has 1 fully saturated rings. The summed E-state index contributed by atoms with van der Waals surface area (Å²) in [6, 6.07) is 4.00. The third kappa shape index (κ3) is 1.51. The van der Waals surface area contributed by atoms with Crippen molar-refractivity contribution in [3.05, 3.63) is 36.3 Å². The predicted molar refractivity (Wildman–Crippen MR) is 60.4 cm³/mol. The van der Waals surface area contributed by atoms with Gasteiger partial charge in [-0.15, -0.1) is 0 Å². The first-order valence-corrected chi connectivity index (χ1v) is 5.50. The average molecular weight is 215 g/mol. The highest BCUT2D eigenvalue weighted by molar-refractivity contribution is 5.87. The number of nitrogens with one attached hydrogen (secondary N) is 1. The van der Waals surface area contributed by atoms with E-state index in [0.717, 1.165) is 24.3 Å². The van der Waals surface area contributed by atoms with E-state index in [9.17, 15) is 4.79 Å². The molecule has 3 rings (SSSR count). The molecule has 16 heavy (non-hydrogen) atoms. The number of fused-ring (bicyclic) bond motifs is 1. The van der Waals surface area contributed by atoms with E-state index in [2.05, 4.69) is 10.3 Å². The zero-order valence-corrected chi connectivity index (χ0v) is 8.89. The van der Waals surface area contributed by atoms with Crippen molar-refractivity contribution in [2.45, 2.75) is 12.3 Å². The second kappa shape index (κ2) is 3.72. The number of hydrogen-bond donors (Lipinski definition) is 1. The minimum atomic E-state index is -0.00421. The molecule has 3 heterocycles. The maximum Gasteiger partial charge on any atom is 0.142 e. The van der Waals surface area contributed by atoms with Gasteiger partial charge in [-0.1, -0.05) is 0 Å². The fraction of sp³-hybridized carbons (Fsp3) is 0.333. The summed E-state index contributed by atoms with van der Waals surface area (Å²) in [4.78, 5) is 16.0. The molecule has 2 aromatic heterocycles. The smallest absolute Gasteiger partial charge is 0.142 e. The van der Waals surface area contributed by atoms with Crippen LogP contribution in [0, 0.1) is 0 Å². The molecule has 0 saturated carbocycles. The van der Waals surface area contributed by atoms with Crippen LogP contribution in [-0.4, -0.2) is 28.3 Å². The molecule has 2 aromatic rings. The number of piperidine rings is 1. The van der Waals surface area contributed by atoms with Crippen molar-refractivity contribution in [3.63, 3.8) is 0 Å². The van der Waals surface area contributed by atoms with Crippen molar-refractivity contribution in [1.29, 1.82) is 0 Å². The van der Waals surface area contributed by atoms with Crippen molar-refractivity contribution in [3.8, 4) is 0 Å². The Kier molecular flexibility index (Phi) is 2.22. The van der Waals surface area contributed by atoms with E-state index < -0.39 is 0 Å². The van der Waals surface area contributed by atoms with E-state index in [0.29, 0.717) is 12.2 Å². The number of ketones is 1. The lowest BCUT2D eigenvalue weighted by atomic mass is 9.91. The summed E-state index contributed by atoms with van der Waals surface area (Å²) in [6.07, 6.45) is 6.25. The van der Waals surface area contributed by atoms with Crippen molar-refractivity contribution in [2.75, 3.05) is 13.1 Å². The van der Waals surface area contributed by atoms with Crippen LogP contribution in [0.15, 0.2) is 30.7 Å². The third-order valence-electron chi connectivity index (χ3n) is 3.11. The maximum absolute atomic E-state index is 11.8. The van der Waals surface area contributed by atoms with Crippen LogP contribution >= 0.6 is 0 Å². The molecule has 1 atom stereocenters. The number of imidazole rings is 1. The molecule has 0 aromatic carbocycles. The van der Waals surface area contributed by atoms with E-state index in [-0.39, 0.29) is 5.92 Å². The van der Waals surface area contributed by atoms with Gasteiger partial charge in [0.15, 0.2) is 0 Å². The van der Waals surface area contributed by atoms with E-state index in [4.69, 9.17) is 0 Å². The lowest BCUT2D eigenvalue weighted by molar-refractivity contribution is -0.121. The normalized spacial score (nSPS) is 21.5. The first-order chi connectivity index (χ1) is 7.84. The van der Waals surface area contributed by atoms with Crippen LogP contribution in [0.25, 0.3) is 5.65 Å². The van der Waals surface area contributed by atoms with Crippen LogP contribution in [0.2, 0.25) is 0 Å². The largest absolute Gasteiger partial charge is 0.315 e. The molecular weight excluding hydrogens is 202 g/mol. The summed E-state index contributed by atoms with van der Waals surface area (Å²) in [5.74, 6) is 0.324. The lowest BCUT2D eigenvalue weighted by Crippen LogP contribution is -2.35. The average Bonchev–Trinajstić information content (AvgIpc) is 2.76. The van der Waals surface area contributed by atoms with Gasteiger partial charge >= 0.3 is 0 Å². The van der Waals surface area contributed by atoms with Crippen LogP contribution in [0.5, 0.6) is 0 Å². The molecule has 4 heteroatoms. The molecule has 0 aliphatic carbocycles. The second-order valence-corrected chi connectivity index (χ2v) is 4.13. The highest BCUT2D eigenvalue weighted by Gasteiger charge is 2.23. The van der Waals surface area contributed by atoms with Gasteiger partial charge in [-0.25, -0.2) is 4.98 Å². The number of carbonyl (C=O) groups excluding carboxylic acids is 1. The first-order valence-electron chi connectivity index (χ1n) is 5.50. The molecule has 1 saturated heterocycles. The third-order valence-corrected chi connectivity index (χ3v) is 3.11. The number of hydrogen-bond acceptors (Lipinski definition) is 3. The number of pyridine rings is 1. The molecule has 1 aliphatic heterocycles. The van der Waals surface area contributed by atoms with Gasteiger partial charge in [0.1, 0.15) is 11.4 Å². The second-order valence-electron chi connectivity index (χ2n) is 4.13. The molecule has 0 bridgehead atoms. The van der Waals surface area contributed by atoms with E-state index in [1.165, 1.54) is 0 Å². The highest BCUT2D eigenvalue weighted by atomic mass is 16.1. The molecule has 1 unspecified atom stereocenters. The number of aromatic nitrogens is 2. The van der Waals surface area contributed by atoms with Crippen LogP contribution in [0.4, 0.5) is 0 Å². The van der Waals surface area contributed by atoms with Crippen molar-refractivity contribution < 1.29 is 4.79 Å². The Morgan fingerprint density at radius 1 is 1.44 bits per heavy atom. The van der Waals surface area contributed by atoms with Gasteiger partial charge in [-0.05, 0) is 17.7 Å². The Bertz CT molecular complexity index is 532. The number of Topliss-reactive ketones (excluding diaryl/α,β-unsaturated/α-hetero) is 1. The van der Waals surface area contributed by atoms with Crippen LogP contribution in [0.1, 0.15) is 17.9 Å². The molecule has 82 valence electrons. The van der Waals surface area contributed by atoms with Gasteiger partial charge < -0.3 is 9.72 Å². The lowest BCUT2D eigenvalue weighted by Gasteiger charge is -2.21. The van der Waals surface area contributed by atoms with Crippen LogP contribution in [-0.2, 0) is 4.79 Å². The Labute approximate surface area is 93.3 Å². The molecule has 0 radical (unpaired) electrons. The van der Waals surface area contributed by atoms with Gasteiger partial charge in [0, 0.05) is 38.1 Å². The van der Waals surface area contributed by atoms with Crippen LogP contribution in [0.3, 0.4) is 0 Å². The Morgan fingerprint density at radius 2 is 2.38 bits per heavy atom. The van der Waals surface area contributed by atoms with Gasteiger partial charge in [0.2, 0.25) is 0 Å². The van der Waals surface area contributed by atoms with Crippen molar-refractivity contribution >= 4 is 11.4 Å². The zero-order valence-electron chi connectivity index (χ0n) is 8.89. The summed E-state index contributed by atoms with van der Waals surface area (Å²) < 4.78 is 1.95. The Balaban J connectivity index is 2.00. The molecule has 1 aliphatic rings. The van der Waals surface area contributed by atoms with Crippen LogP contribution < -0.4 is 5.32 Å². The van der Waals surface area contributed by atoms with E-state index in [1.807, 2.05) is 28.9 Å². The Morgan fingerprint density at radius 3 is 3.25 bits per heavy atom. The summed E-state index contributed by atoms with van der Waals surface area (Å²) in [6.45, 7) is 1.55. The molecule has 1 N–H and O–H groups in total. The Hall–Kier alpha value is -1.68. The quantitative estimate of drug-likeness (QED) is 0.771. The minimum Gasteiger partial charge on any atom is -0.315 e. The molecule has 0 spiro atoms. The van der Waals surface area contributed by atoms with Gasteiger partial charge in [-0.3, -0.25) is 4.79 Å². The summed E-state index contributed by atoms with van der Waals surface area (Å²) in [7, 11) is 0. The summed E-state index contributed by atoms with van der Waals surface area (Å²) in [5, 5.41) is 3.26. The number of nitrogens with zero attached hydrogens (tertiary/aromatic N) is 2. The molecular formula is C12H13N3O. The van der Waals surface area contributed by atoms with Gasteiger partial charge in [0.05, 0.1) is 5.92 Å². The maximum atomic E-state index is 11.8. The van der Waals surface area contributed by atoms with Gasteiger partial charge in [0.25, 0.3) is 0 Å². The number of carbonyl (C=O) groups is 1. The minimum absolute atomic E-state index is 0.00421. The molecule has 0 amide bonds. The fourth-order valence-corrected chi connectivity index (χ4v) is 2.19. The zero-order chi connectivity index (χ0) is 11.0. The fourth-order valence-electron chi connectivity index (χ4n) is 2.19. The standard InChI is InChI=1S/C12H13N3O/c16-11-1-3-13-8-10(11)9-2-5-15-6-4-14-12(15)7-9/h2,4-7,10,13H,1,3,8H2. The van der Waals surface area contributed by atoms with Crippen molar-refractivity contribution in [2.24, 2.45) is 0 Å². The van der Waals surface area contributed by atoms with E-state index in [1.54, 1.807) is 6.20 Å². The monoisotopic (exact) mass is 215 g/mol. The molecule has 4 nitrogen and oxygen atoms in total. The topological polar surface area (TPSA) is 46.4 Å². The highest BCUT2D eigenvalue weighted by Crippen LogP contribution is 2.21. The predicted octanol–water partition coefficient (Wildman–Crippen LogP) is 0.980. The number of rotatable bonds is 1. The summed E-state index contributed by atoms with van der Waals surface area (Å²) >= 11 is 0. The first kappa shape index (κ1) is 9.54. The van der Waals surface area contributed by atoms with Crippen molar-refractivity contribution in [1.82, 2.24) is 14.7 Å². The van der Waals surface area contributed by atoms with E-state index >= 15 is 0 Å².